The number of aliphatic hydroxyl groups excluding tert-OH is 1. The third-order valence-electron chi connectivity index (χ3n) is 5.53. The van der Waals surface area contributed by atoms with E-state index in [9.17, 15) is 14.7 Å². The number of Topliss-reactive ketones (excluding diaryl/α,β-unsaturated/α-hetero) is 1. The number of ether oxygens (including phenoxy) is 3. The summed E-state index contributed by atoms with van der Waals surface area (Å²) in [4.78, 5) is 31.9. The summed E-state index contributed by atoms with van der Waals surface area (Å²) < 4.78 is 16.4. The van der Waals surface area contributed by atoms with Gasteiger partial charge in [-0.15, -0.1) is 0 Å². The van der Waals surface area contributed by atoms with Crippen molar-refractivity contribution < 1.29 is 28.9 Å². The number of hydrogen-bond acceptors (Lipinski definition) is 7. The summed E-state index contributed by atoms with van der Waals surface area (Å²) in [6.07, 6.45) is 3.01. The molecule has 2 heterocycles. The Balaban J connectivity index is 1.96. The van der Waals surface area contributed by atoms with E-state index in [0.717, 1.165) is 0 Å². The van der Waals surface area contributed by atoms with Gasteiger partial charge in [0.2, 0.25) is 0 Å². The zero-order valence-corrected chi connectivity index (χ0v) is 19.0. The fourth-order valence-electron chi connectivity index (χ4n) is 3.97. The van der Waals surface area contributed by atoms with Crippen molar-refractivity contribution in [2.45, 2.75) is 13.0 Å². The number of hydrogen-bond donors (Lipinski definition) is 1. The molecule has 8 nitrogen and oxygen atoms in total. The smallest absolute Gasteiger partial charge is 0.300 e. The molecule has 1 aromatic heterocycles. The SMILES string of the molecule is CCOc1cc(C2/C(=C(/O)c3ccncc3)C(=O)C(=O)N2c2cccc(OC)c2)ccc1OC. The van der Waals surface area contributed by atoms with Crippen LogP contribution in [0.5, 0.6) is 17.2 Å². The largest absolute Gasteiger partial charge is 0.507 e. The van der Waals surface area contributed by atoms with Gasteiger partial charge in [-0.3, -0.25) is 19.5 Å². The lowest BCUT2D eigenvalue weighted by Crippen LogP contribution is -2.29. The van der Waals surface area contributed by atoms with Gasteiger partial charge in [-0.05, 0) is 48.9 Å². The molecule has 1 atom stereocenters. The monoisotopic (exact) mass is 460 g/mol. The summed E-state index contributed by atoms with van der Waals surface area (Å²) in [5.74, 6) is -0.346. The highest BCUT2D eigenvalue weighted by atomic mass is 16.5. The number of anilines is 1. The molecule has 1 aliphatic heterocycles. The Morgan fingerprint density at radius 2 is 1.76 bits per heavy atom. The van der Waals surface area contributed by atoms with Crippen LogP contribution in [0.15, 0.2) is 72.6 Å². The van der Waals surface area contributed by atoms with Gasteiger partial charge in [0.1, 0.15) is 11.5 Å². The number of amides is 1. The maximum Gasteiger partial charge on any atom is 0.300 e. The quantitative estimate of drug-likeness (QED) is 0.322. The van der Waals surface area contributed by atoms with Crippen molar-refractivity contribution in [3.63, 3.8) is 0 Å². The van der Waals surface area contributed by atoms with Crippen LogP contribution in [0.1, 0.15) is 24.1 Å². The van der Waals surface area contributed by atoms with Crippen molar-refractivity contribution in [2.75, 3.05) is 25.7 Å². The first kappa shape index (κ1) is 22.8. The number of aromatic nitrogens is 1. The number of methoxy groups -OCH3 is 2. The van der Waals surface area contributed by atoms with E-state index in [4.69, 9.17) is 14.2 Å². The topological polar surface area (TPSA) is 98.2 Å². The molecule has 0 saturated carbocycles. The molecule has 34 heavy (non-hydrogen) atoms. The summed E-state index contributed by atoms with van der Waals surface area (Å²) in [5.41, 5.74) is 1.37. The van der Waals surface area contributed by atoms with Crippen molar-refractivity contribution >= 4 is 23.1 Å². The second-order valence-electron chi connectivity index (χ2n) is 7.45. The fourth-order valence-corrected chi connectivity index (χ4v) is 3.97. The summed E-state index contributed by atoms with van der Waals surface area (Å²) in [6, 6.07) is 14.2. The molecule has 0 bridgehead atoms. The van der Waals surface area contributed by atoms with E-state index >= 15 is 0 Å². The number of aliphatic hydroxyl groups is 1. The second kappa shape index (κ2) is 9.66. The number of benzene rings is 2. The van der Waals surface area contributed by atoms with Crippen LogP contribution in [-0.2, 0) is 9.59 Å². The van der Waals surface area contributed by atoms with Crippen LogP contribution in [0.3, 0.4) is 0 Å². The molecule has 4 rings (SSSR count). The van der Waals surface area contributed by atoms with Gasteiger partial charge in [0.15, 0.2) is 11.5 Å². The van der Waals surface area contributed by atoms with Gasteiger partial charge < -0.3 is 19.3 Å². The molecular formula is C26H24N2O6. The molecule has 1 amide bonds. The molecule has 0 radical (unpaired) electrons. The van der Waals surface area contributed by atoms with Crippen molar-refractivity contribution in [1.29, 1.82) is 0 Å². The number of carbonyl (C=O) groups excluding carboxylic acids is 2. The number of nitrogens with zero attached hydrogens (tertiary/aromatic N) is 2. The highest BCUT2D eigenvalue weighted by Crippen LogP contribution is 2.44. The Kier molecular flexibility index (Phi) is 6.49. The molecule has 8 heteroatoms. The van der Waals surface area contributed by atoms with Crippen LogP contribution in [0.25, 0.3) is 5.76 Å². The molecule has 1 unspecified atom stereocenters. The van der Waals surface area contributed by atoms with E-state index < -0.39 is 17.7 Å². The predicted molar refractivity (Wildman–Crippen MR) is 126 cm³/mol. The number of ketones is 1. The molecule has 1 fully saturated rings. The summed E-state index contributed by atoms with van der Waals surface area (Å²) in [6.45, 7) is 2.24. The molecule has 1 N–H and O–H groups in total. The summed E-state index contributed by atoms with van der Waals surface area (Å²) in [5, 5.41) is 11.2. The highest BCUT2D eigenvalue weighted by molar-refractivity contribution is 6.51. The van der Waals surface area contributed by atoms with Gasteiger partial charge in [0.25, 0.3) is 11.7 Å². The van der Waals surface area contributed by atoms with Crippen LogP contribution < -0.4 is 19.1 Å². The number of carbonyl (C=O) groups is 2. The Bertz CT molecular complexity index is 1260. The normalized spacial score (nSPS) is 17.0. The lowest BCUT2D eigenvalue weighted by atomic mass is 9.95. The maximum absolute atomic E-state index is 13.3. The number of rotatable bonds is 7. The number of pyridine rings is 1. The van der Waals surface area contributed by atoms with E-state index in [1.165, 1.54) is 31.5 Å². The Labute approximate surface area is 197 Å². The first-order valence-corrected chi connectivity index (χ1v) is 10.7. The van der Waals surface area contributed by atoms with Crippen LogP contribution in [0, 0.1) is 0 Å². The van der Waals surface area contributed by atoms with E-state index in [-0.39, 0.29) is 11.3 Å². The molecular weight excluding hydrogens is 436 g/mol. The van der Waals surface area contributed by atoms with E-state index in [2.05, 4.69) is 4.98 Å². The van der Waals surface area contributed by atoms with E-state index in [1.54, 1.807) is 54.6 Å². The van der Waals surface area contributed by atoms with Crippen LogP contribution in [0.2, 0.25) is 0 Å². The van der Waals surface area contributed by atoms with Crippen molar-refractivity contribution in [3.05, 3.63) is 83.7 Å². The molecule has 0 aliphatic carbocycles. The van der Waals surface area contributed by atoms with Gasteiger partial charge in [-0.25, -0.2) is 0 Å². The molecule has 2 aromatic carbocycles. The first-order valence-electron chi connectivity index (χ1n) is 10.7. The van der Waals surface area contributed by atoms with Crippen LogP contribution >= 0.6 is 0 Å². The zero-order chi connectivity index (χ0) is 24.2. The molecule has 3 aromatic rings. The minimum absolute atomic E-state index is 0.0355. The third kappa shape index (κ3) is 4.05. The lowest BCUT2D eigenvalue weighted by molar-refractivity contribution is -0.132. The van der Waals surface area contributed by atoms with E-state index in [0.29, 0.717) is 40.7 Å². The van der Waals surface area contributed by atoms with Gasteiger partial charge in [0.05, 0.1) is 32.4 Å². The van der Waals surface area contributed by atoms with Crippen molar-refractivity contribution in [1.82, 2.24) is 4.98 Å². The standard InChI is InChI=1S/C26H24N2O6/c1-4-34-21-14-17(8-9-20(21)33-3)23-22(24(29)16-10-12-27-13-11-16)25(30)26(31)28(23)18-6-5-7-19(15-18)32-2/h5-15,23,29H,4H2,1-3H3/b24-22-. The Morgan fingerprint density at radius 1 is 1.00 bits per heavy atom. The Morgan fingerprint density at radius 3 is 2.44 bits per heavy atom. The molecule has 174 valence electrons. The minimum atomic E-state index is -0.912. The summed E-state index contributed by atoms with van der Waals surface area (Å²) >= 11 is 0. The third-order valence-corrected chi connectivity index (χ3v) is 5.53. The van der Waals surface area contributed by atoms with Gasteiger partial charge in [-0.1, -0.05) is 12.1 Å². The lowest BCUT2D eigenvalue weighted by Gasteiger charge is -2.26. The molecule has 1 aliphatic rings. The van der Waals surface area contributed by atoms with Crippen LogP contribution in [-0.4, -0.2) is 42.6 Å². The van der Waals surface area contributed by atoms with Crippen LogP contribution in [0.4, 0.5) is 5.69 Å². The van der Waals surface area contributed by atoms with Gasteiger partial charge >= 0.3 is 0 Å². The van der Waals surface area contributed by atoms with Crippen molar-refractivity contribution in [2.24, 2.45) is 0 Å². The fraction of sp³-hybridized carbons (Fsp3) is 0.192. The Hall–Kier alpha value is -4.33. The predicted octanol–water partition coefficient (Wildman–Crippen LogP) is 4.12. The van der Waals surface area contributed by atoms with Gasteiger partial charge in [0, 0.05) is 29.7 Å². The first-order chi connectivity index (χ1) is 16.5. The second-order valence-corrected chi connectivity index (χ2v) is 7.45. The zero-order valence-electron chi connectivity index (χ0n) is 19.0. The van der Waals surface area contributed by atoms with E-state index in [1.807, 2.05) is 6.92 Å². The highest BCUT2D eigenvalue weighted by Gasteiger charge is 2.47. The van der Waals surface area contributed by atoms with Crippen molar-refractivity contribution in [3.8, 4) is 17.2 Å². The van der Waals surface area contributed by atoms with Gasteiger partial charge in [-0.2, -0.15) is 0 Å². The maximum atomic E-state index is 13.3. The summed E-state index contributed by atoms with van der Waals surface area (Å²) in [7, 11) is 3.05. The molecule has 1 saturated heterocycles. The average molecular weight is 460 g/mol. The minimum Gasteiger partial charge on any atom is -0.507 e. The molecule has 0 spiro atoms. The average Bonchev–Trinajstić information content (AvgIpc) is 3.14.